The molecule has 1 amide bonds. The number of carboxylic acids is 1. The molecule has 0 spiro atoms. The molecule has 33 heavy (non-hydrogen) atoms. The minimum absolute atomic E-state index is 0.0104. The second-order valence-corrected chi connectivity index (χ2v) is 9.63. The average Bonchev–Trinajstić information content (AvgIpc) is 2.78. The summed E-state index contributed by atoms with van der Waals surface area (Å²) in [6, 6.07) is 16.9. The Morgan fingerprint density at radius 1 is 0.939 bits per heavy atom. The molecule has 2 rings (SSSR count). The summed E-state index contributed by atoms with van der Waals surface area (Å²) in [5.41, 5.74) is 7.45. The number of Topliss-reactive ketones (excluding diaryl/α,β-unsaturated/α-hetero) is 1. The van der Waals surface area contributed by atoms with E-state index in [9.17, 15) is 23.8 Å². The normalized spacial score (nSPS) is 14.6. The summed E-state index contributed by atoms with van der Waals surface area (Å²) in [4.78, 5) is 45.8. The van der Waals surface area contributed by atoms with Crippen LogP contribution in [-0.2, 0) is 36.3 Å². The second kappa shape index (κ2) is 13.0. The van der Waals surface area contributed by atoms with Crippen LogP contribution in [0.5, 0.6) is 0 Å². The molecular formula is C23H29N2O7P. The van der Waals surface area contributed by atoms with Crippen LogP contribution in [0.1, 0.15) is 30.4 Å². The summed E-state index contributed by atoms with van der Waals surface area (Å²) >= 11 is 0. The fourth-order valence-electron chi connectivity index (χ4n) is 3.08. The first-order valence-corrected chi connectivity index (χ1v) is 12.2. The Balaban J connectivity index is 2.01. The standard InChI is InChI=1S/C23H29N2O7P/c24-19(14-17-8-3-1-4-9-17)20(26)16-32-33(30,31)22(15-18-10-5-2-6-11-18)25-21(27)12-7-13-23(28)29/h1-6,8-11,19,22H,7,12-16,24H2,(H,25,27)(H,28,29)(H,30,31). The Hall–Kier alpha value is -2.84. The minimum atomic E-state index is -4.47. The van der Waals surface area contributed by atoms with Gasteiger partial charge < -0.3 is 21.1 Å². The first-order valence-electron chi connectivity index (χ1n) is 10.5. The molecule has 3 atom stereocenters. The van der Waals surface area contributed by atoms with Gasteiger partial charge in [0.05, 0.1) is 6.04 Å². The molecule has 0 saturated carbocycles. The third-order valence-corrected chi connectivity index (χ3v) is 6.49. The number of nitrogens with two attached hydrogens (primary N) is 1. The molecule has 0 aliphatic carbocycles. The molecule has 5 N–H and O–H groups in total. The molecule has 0 bridgehead atoms. The number of carboxylic acid groups (broad SMARTS) is 1. The third kappa shape index (κ3) is 9.67. The number of nitrogens with one attached hydrogen (secondary N) is 1. The molecule has 2 aromatic carbocycles. The van der Waals surface area contributed by atoms with Crippen molar-refractivity contribution in [2.24, 2.45) is 5.73 Å². The van der Waals surface area contributed by atoms with Crippen molar-refractivity contribution >= 4 is 25.3 Å². The molecular weight excluding hydrogens is 447 g/mol. The maximum atomic E-state index is 13.0. The predicted octanol–water partition coefficient (Wildman–Crippen LogP) is 2.27. The zero-order valence-corrected chi connectivity index (χ0v) is 19.0. The van der Waals surface area contributed by atoms with Gasteiger partial charge in [-0.3, -0.25) is 23.5 Å². The summed E-state index contributed by atoms with van der Waals surface area (Å²) in [5, 5.41) is 11.2. The van der Waals surface area contributed by atoms with Crippen LogP contribution in [0.3, 0.4) is 0 Å². The number of hydrogen-bond donors (Lipinski definition) is 4. The number of aliphatic carboxylic acids is 1. The number of ketones is 1. The van der Waals surface area contributed by atoms with E-state index in [0.29, 0.717) is 5.56 Å². The second-order valence-electron chi connectivity index (χ2n) is 7.62. The first kappa shape index (κ1) is 26.4. The Morgan fingerprint density at radius 2 is 1.48 bits per heavy atom. The highest BCUT2D eigenvalue weighted by Crippen LogP contribution is 2.47. The average molecular weight is 476 g/mol. The fraction of sp³-hybridized carbons (Fsp3) is 0.348. The van der Waals surface area contributed by atoms with Crippen molar-refractivity contribution in [2.75, 3.05) is 6.61 Å². The Bertz CT molecular complexity index is 969. The van der Waals surface area contributed by atoms with Crippen molar-refractivity contribution in [3.05, 3.63) is 71.8 Å². The lowest BCUT2D eigenvalue weighted by molar-refractivity contribution is -0.137. The van der Waals surface area contributed by atoms with Crippen LogP contribution in [0.2, 0.25) is 0 Å². The molecule has 0 saturated heterocycles. The van der Waals surface area contributed by atoms with Crippen LogP contribution in [-0.4, -0.2) is 46.1 Å². The van der Waals surface area contributed by atoms with Gasteiger partial charge in [-0.1, -0.05) is 60.7 Å². The van der Waals surface area contributed by atoms with Crippen molar-refractivity contribution in [2.45, 2.75) is 43.9 Å². The van der Waals surface area contributed by atoms with Crippen LogP contribution >= 0.6 is 7.60 Å². The molecule has 178 valence electrons. The first-order chi connectivity index (χ1) is 15.7. The van der Waals surface area contributed by atoms with Gasteiger partial charge in [0, 0.05) is 19.3 Å². The zero-order valence-electron chi connectivity index (χ0n) is 18.1. The quantitative estimate of drug-likeness (QED) is 0.303. The molecule has 2 aromatic rings. The van der Waals surface area contributed by atoms with Gasteiger partial charge >= 0.3 is 13.6 Å². The highest BCUT2D eigenvalue weighted by Gasteiger charge is 2.35. The van der Waals surface area contributed by atoms with Gasteiger partial charge in [-0.15, -0.1) is 0 Å². The largest absolute Gasteiger partial charge is 0.481 e. The van der Waals surface area contributed by atoms with Gasteiger partial charge in [0.2, 0.25) is 5.91 Å². The molecule has 0 fully saturated rings. The number of amides is 1. The molecule has 3 unspecified atom stereocenters. The SMILES string of the molecule is NC(Cc1ccccc1)C(=O)COP(=O)(O)C(Cc1ccccc1)NC(=O)CCCC(=O)O. The Labute approximate surface area is 192 Å². The Kier molecular flexibility index (Phi) is 10.4. The van der Waals surface area contributed by atoms with E-state index in [1.54, 1.807) is 30.3 Å². The van der Waals surface area contributed by atoms with Crippen LogP contribution in [0.4, 0.5) is 0 Å². The zero-order chi connectivity index (χ0) is 24.3. The highest BCUT2D eigenvalue weighted by atomic mass is 31.2. The predicted molar refractivity (Wildman–Crippen MR) is 122 cm³/mol. The molecule has 0 heterocycles. The number of rotatable bonds is 14. The molecule has 0 aromatic heterocycles. The van der Waals surface area contributed by atoms with Crippen LogP contribution in [0.15, 0.2) is 60.7 Å². The van der Waals surface area contributed by atoms with E-state index in [1.807, 2.05) is 30.3 Å². The molecule has 9 nitrogen and oxygen atoms in total. The van der Waals surface area contributed by atoms with Gasteiger partial charge in [0.1, 0.15) is 12.4 Å². The summed E-state index contributed by atoms with van der Waals surface area (Å²) in [6.07, 6.45) is 0.00897. The topological polar surface area (TPSA) is 156 Å². The lowest BCUT2D eigenvalue weighted by Gasteiger charge is -2.24. The molecule has 0 aliphatic heterocycles. The van der Waals surface area contributed by atoms with E-state index in [-0.39, 0.29) is 32.1 Å². The molecule has 10 heteroatoms. The van der Waals surface area contributed by atoms with E-state index in [1.165, 1.54) is 0 Å². The van der Waals surface area contributed by atoms with E-state index >= 15 is 0 Å². The van der Waals surface area contributed by atoms with E-state index in [0.717, 1.165) is 5.56 Å². The number of benzene rings is 2. The maximum absolute atomic E-state index is 13.0. The number of hydrogen-bond acceptors (Lipinski definition) is 6. The van der Waals surface area contributed by atoms with Crippen molar-refractivity contribution in [1.82, 2.24) is 5.32 Å². The van der Waals surface area contributed by atoms with Crippen molar-refractivity contribution < 1.29 is 33.5 Å². The summed E-state index contributed by atoms with van der Waals surface area (Å²) in [6.45, 7) is -0.679. The summed E-state index contributed by atoms with van der Waals surface area (Å²) in [7, 11) is -4.47. The number of carbonyl (C=O) groups is 3. The summed E-state index contributed by atoms with van der Waals surface area (Å²) < 4.78 is 18.1. The van der Waals surface area contributed by atoms with E-state index < -0.39 is 43.7 Å². The van der Waals surface area contributed by atoms with Crippen LogP contribution in [0.25, 0.3) is 0 Å². The van der Waals surface area contributed by atoms with Gasteiger partial charge in [-0.2, -0.15) is 0 Å². The summed E-state index contributed by atoms with van der Waals surface area (Å²) in [5.74, 6) is -3.47. The van der Waals surface area contributed by atoms with E-state index in [2.05, 4.69) is 5.32 Å². The minimum Gasteiger partial charge on any atom is -0.481 e. The van der Waals surface area contributed by atoms with Crippen LogP contribution in [0, 0.1) is 0 Å². The Morgan fingerprint density at radius 3 is 2.03 bits per heavy atom. The molecule has 0 aliphatic rings. The van der Waals surface area contributed by atoms with E-state index in [4.69, 9.17) is 15.4 Å². The van der Waals surface area contributed by atoms with Crippen molar-refractivity contribution in [3.63, 3.8) is 0 Å². The van der Waals surface area contributed by atoms with Gasteiger partial charge in [0.25, 0.3) is 0 Å². The van der Waals surface area contributed by atoms with Crippen molar-refractivity contribution in [1.29, 1.82) is 0 Å². The molecule has 0 radical (unpaired) electrons. The monoisotopic (exact) mass is 476 g/mol. The van der Waals surface area contributed by atoms with Gasteiger partial charge in [-0.05, 0) is 24.0 Å². The van der Waals surface area contributed by atoms with Gasteiger partial charge in [0.15, 0.2) is 5.78 Å². The lowest BCUT2D eigenvalue weighted by atomic mass is 10.0. The van der Waals surface area contributed by atoms with Crippen LogP contribution < -0.4 is 11.1 Å². The smallest absolute Gasteiger partial charge is 0.350 e. The lowest BCUT2D eigenvalue weighted by Crippen LogP contribution is -2.39. The fourth-order valence-corrected chi connectivity index (χ4v) is 4.32. The van der Waals surface area contributed by atoms with Gasteiger partial charge in [-0.25, -0.2) is 0 Å². The maximum Gasteiger partial charge on any atom is 0.350 e. The number of carbonyl (C=O) groups excluding carboxylic acids is 2. The van der Waals surface area contributed by atoms with Crippen molar-refractivity contribution in [3.8, 4) is 0 Å². The highest BCUT2D eigenvalue weighted by molar-refractivity contribution is 7.53. The third-order valence-electron chi connectivity index (χ3n) is 4.89.